The summed E-state index contributed by atoms with van der Waals surface area (Å²) in [4.78, 5) is 0. The summed E-state index contributed by atoms with van der Waals surface area (Å²) in [6.45, 7) is 4.16. The fourth-order valence-electron chi connectivity index (χ4n) is 2.38. The minimum Gasteiger partial charge on any atom is -0.420 e. The van der Waals surface area contributed by atoms with Crippen LogP contribution in [-0.4, -0.2) is 22.0 Å². The van der Waals surface area contributed by atoms with E-state index in [2.05, 4.69) is 5.32 Å². The predicted molar refractivity (Wildman–Crippen MR) is 77.9 cm³/mol. The van der Waals surface area contributed by atoms with Crippen molar-refractivity contribution >= 4 is 14.0 Å². The molecule has 1 aromatic rings. The van der Waals surface area contributed by atoms with Gasteiger partial charge in [0.1, 0.15) is 5.69 Å². The van der Waals surface area contributed by atoms with Gasteiger partial charge in [-0.2, -0.15) is 0 Å². The van der Waals surface area contributed by atoms with Crippen LogP contribution in [0.4, 0.5) is 27.6 Å². The normalized spacial score (nSPS) is 11.8. The first-order valence-electron chi connectivity index (χ1n) is 7.14. The van der Waals surface area contributed by atoms with Crippen LogP contribution in [0.15, 0.2) is 0 Å². The van der Waals surface area contributed by atoms with Crippen LogP contribution in [-0.2, 0) is 4.43 Å². The van der Waals surface area contributed by atoms with Crippen molar-refractivity contribution in [3.05, 3.63) is 29.1 Å². The second kappa shape index (κ2) is 7.91. The fraction of sp³-hybridized carbons (Fsp3) is 0.571. The summed E-state index contributed by atoms with van der Waals surface area (Å²) in [5.74, 6) is -9.70. The quantitative estimate of drug-likeness (QED) is 0.241. The van der Waals surface area contributed by atoms with E-state index in [0.717, 1.165) is 18.1 Å². The maximum atomic E-state index is 13.5. The van der Waals surface area contributed by atoms with Gasteiger partial charge in [0.05, 0.1) is 0 Å². The van der Waals surface area contributed by atoms with Crippen molar-refractivity contribution in [1.29, 1.82) is 0 Å². The molecule has 0 aliphatic heterocycles. The molecule has 2 nitrogen and oxygen atoms in total. The van der Waals surface area contributed by atoms with Gasteiger partial charge < -0.3 is 9.74 Å². The lowest BCUT2D eigenvalue weighted by Crippen LogP contribution is -2.35. The number of hydrogen-bond donors (Lipinski definition) is 1. The van der Waals surface area contributed by atoms with Gasteiger partial charge >= 0.3 is 0 Å². The van der Waals surface area contributed by atoms with Crippen molar-refractivity contribution in [1.82, 2.24) is 0 Å². The highest BCUT2D eigenvalue weighted by molar-refractivity contribution is 6.73. The first-order valence-corrected chi connectivity index (χ1v) is 9.67. The van der Waals surface area contributed by atoms with Gasteiger partial charge in [0.2, 0.25) is 5.82 Å². The van der Waals surface area contributed by atoms with Gasteiger partial charge in [0.15, 0.2) is 31.6 Å². The zero-order chi connectivity index (χ0) is 16.9. The molecule has 0 saturated carbocycles. The second-order valence-electron chi connectivity index (χ2n) is 5.07. The van der Waals surface area contributed by atoms with E-state index in [9.17, 15) is 22.0 Å². The Bertz CT molecular complexity index is 485. The largest absolute Gasteiger partial charge is 0.420 e. The van der Waals surface area contributed by atoms with Crippen molar-refractivity contribution in [2.24, 2.45) is 0 Å². The molecule has 0 atom stereocenters. The van der Waals surface area contributed by atoms with Crippen molar-refractivity contribution in [2.75, 3.05) is 19.0 Å². The zero-order valence-corrected chi connectivity index (χ0v) is 13.8. The molecule has 22 heavy (non-hydrogen) atoms. The molecule has 0 unspecified atom stereocenters. The maximum Gasteiger partial charge on any atom is 0.200 e. The third-order valence-electron chi connectivity index (χ3n) is 4.04. The van der Waals surface area contributed by atoms with E-state index in [1.165, 1.54) is 0 Å². The molecule has 1 rings (SSSR count). The third-order valence-corrected chi connectivity index (χ3v) is 8.75. The van der Waals surface area contributed by atoms with Gasteiger partial charge in [-0.05, 0) is 24.6 Å². The lowest BCUT2D eigenvalue weighted by Gasteiger charge is -2.27. The number of nitrogens with one attached hydrogen (secondary N) is 1. The zero-order valence-electron chi connectivity index (χ0n) is 12.8. The number of rotatable bonds is 8. The van der Waals surface area contributed by atoms with Crippen molar-refractivity contribution in [3.63, 3.8) is 0 Å². The van der Waals surface area contributed by atoms with Crippen molar-refractivity contribution in [3.8, 4) is 0 Å². The minimum absolute atomic E-state index is 0.108. The molecule has 126 valence electrons. The highest BCUT2D eigenvalue weighted by Gasteiger charge is 2.29. The molecule has 0 amide bonds. The Labute approximate surface area is 127 Å². The molecule has 0 aromatic heterocycles. The Morgan fingerprint density at radius 1 is 0.864 bits per heavy atom. The molecule has 1 aromatic carbocycles. The standard InChI is InChI=1S/C14H20F5NOSi/c1-4-22(5-2,21-3)8-6-7-20-14-12(18)10(16)9(15)11(17)13(14)19/h20H,4-8H2,1-3H3. The van der Waals surface area contributed by atoms with Crippen LogP contribution >= 0.6 is 0 Å². The average Bonchev–Trinajstić information content (AvgIpc) is 2.54. The smallest absolute Gasteiger partial charge is 0.200 e. The number of halogens is 5. The highest BCUT2D eigenvalue weighted by atomic mass is 28.4. The lowest BCUT2D eigenvalue weighted by molar-refractivity contribution is 0.381. The van der Waals surface area contributed by atoms with E-state index in [-0.39, 0.29) is 6.54 Å². The molecule has 0 aliphatic rings. The van der Waals surface area contributed by atoms with Gasteiger partial charge in [-0.1, -0.05) is 13.8 Å². The van der Waals surface area contributed by atoms with E-state index in [4.69, 9.17) is 4.43 Å². The minimum atomic E-state index is -2.15. The lowest BCUT2D eigenvalue weighted by atomic mass is 10.2. The molecule has 0 aliphatic carbocycles. The topological polar surface area (TPSA) is 21.3 Å². The van der Waals surface area contributed by atoms with Gasteiger partial charge in [0, 0.05) is 13.7 Å². The molecule has 0 fully saturated rings. The molecular formula is C14H20F5NOSi. The van der Waals surface area contributed by atoms with E-state index in [0.29, 0.717) is 6.42 Å². The molecule has 0 saturated heterocycles. The van der Waals surface area contributed by atoms with Gasteiger partial charge in [-0.3, -0.25) is 0 Å². The number of benzene rings is 1. The Morgan fingerprint density at radius 3 is 1.73 bits per heavy atom. The van der Waals surface area contributed by atoms with Gasteiger partial charge in [-0.15, -0.1) is 0 Å². The van der Waals surface area contributed by atoms with Crippen LogP contribution in [0.25, 0.3) is 0 Å². The monoisotopic (exact) mass is 341 g/mol. The maximum absolute atomic E-state index is 13.5. The van der Waals surface area contributed by atoms with Crippen LogP contribution in [0.5, 0.6) is 0 Å². The SMILES string of the molecule is CC[Si](CC)(CCCNc1c(F)c(F)c(F)c(F)c1F)OC. The Morgan fingerprint density at radius 2 is 1.32 bits per heavy atom. The summed E-state index contributed by atoms with van der Waals surface area (Å²) in [5, 5.41) is 2.30. The summed E-state index contributed by atoms with van der Waals surface area (Å²) in [6, 6.07) is 2.56. The molecule has 0 spiro atoms. The number of hydrogen-bond acceptors (Lipinski definition) is 2. The van der Waals surface area contributed by atoms with Crippen LogP contribution in [0.3, 0.4) is 0 Å². The van der Waals surface area contributed by atoms with Gasteiger partial charge in [-0.25, -0.2) is 22.0 Å². The van der Waals surface area contributed by atoms with Crippen LogP contribution < -0.4 is 5.32 Å². The van der Waals surface area contributed by atoms with Gasteiger partial charge in [0.25, 0.3) is 0 Å². The molecule has 8 heteroatoms. The molecule has 0 bridgehead atoms. The molecule has 0 heterocycles. The summed E-state index contributed by atoms with van der Waals surface area (Å²) in [6.07, 6.45) is 0.529. The van der Waals surface area contributed by atoms with E-state index >= 15 is 0 Å². The Hall–Kier alpha value is -1.15. The molecular weight excluding hydrogens is 321 g/mol. The second-order valence-corrected chi connectivity index (χ2v) is 9.76. The Balaban J connectivity index is 2.74. The van der Waals surface area contributed by atoms with E-state index in [1.807, 2.05) is 13.8 Å². The summed E-state index contributed by atoms with van der Waals surface area (Å²) in [5.41, 5.74) is -0.978. The van der Waals surface area contributed by atoms with Crippen molar-refractivity contribution < 1.29 is 26.4 Å². The highest BCUT2D eigenvalue weighted by Crippen LogP contribution is 2.28. The number of anilines is 1. The predicted octanol–water partition coefficient (Wildman–Crippen LogP) is 4.82. The van der Waals surface area contributed by atoms with Crippen molar-refractivity contribution in [2.45, 2.75) is 38.4 Å². The molecule has 1 N–H and O–H groups in total. The molecule has 0 radical (unpaired) electrons. The third kappa shape index (κ3) is 3.78. The average molecular weight is 341 g/mol. The first-order chi connectivity index (χ1) is 10.3. The van der Waals surface area contributed by atoms with Crippen LogP contribution in [0.2, 0.25) is 18.1 Å². The summed E-state index contributed by atoms with van der Waals surface area (Å²) < 4.78 is 71.5. The van der Waals surface area contributed by atoms with E-state index < -0.39 is 43.1 Å². The summed E-state index contributed by atoms with van der Waals surface area (Å²) >= 11 is 0. The Kier molecular flexibility index (Phi) is 6.80. The fourth-order valence-corrected chi connectivity index (χ4v) is 5.19. The van der Waals surface area contributed by atoms with Crippen LogP contribution in [0.1, 0.15) is 20.3 Å². The summed E-state index contributed by atoms with van der Waals surface area (Å²) in [7, 11) is -0.200. The first kappa shape index (κ1) is 18.9. The van der Waals surface area contributed by atoms with Crippen LogP contribution in [0, 0.1) is 29.1 Å². The van der Waals surface area contributed by atoms with E-state index in [1.54, 1.807) is 7.11 Å².